The number of fused-ring (bicyclic) bond motifs is 2. The number of rotatable bonds is 5. The lowest BCUT2D eigenvalue weighted by molar-refractivity contribution is -0.122. The highest BCUT2D eigenvalue weighted by Crippen LogP contribution is 2.40. The summed E-state index contributed by atoms with van der Waals surface area (Å²) in [6, 6.07) is 7.32. The van der Waals surface area contributed by atoms with Gasteiger partial charge in [-0.2, -0.15) is 0 Å². The number of benzene rings is 1. The molecule has 27 heavy (non-hydrogen) atoms. The number of carbonyl (C=O) groups excluding carboxylic acids is 2. The van der Waals surface area contributed by atoms with E-state index in [9.17, 15) is 9.59 Å². The second kappa shape index (κ2) is 8.01. The summed E-state index contributed by atoms with van der Waals surface area (Å²) >= 11 is 0. The molecule has 2 unspecified atom stereocenters. The monoisotopic (exact) mass is 371 g/mol. The van der Waals surface area contributed by atoms with Crippen LogP contribution in [0.5, 0.6) is 0 Å². The average Bonchev–Trinajstić information content (AvgIpc) is 2.88. The fourth-order valence-electron chi connectivity index (χ4n) is 4.63. The van der Waals surface area contributed by atoms with Gasteiger partial charge in [0.1, 0.15) is 0 Å². The van der Waals surface area contributed by atoms with Gasteiger partial charge in [0.15, 0.2) is 0 Å². The summed E-state index contributed by atoms with van der Waals surface area (Å²) in [5.41, 5.74) is 2.53. The van der Waals surface area contributed by atoms with Gasteiger partial charge in [-0.15, -0.1) is 0 Å². The Hall–Kier alpha value is -1.88. The molecule has 0 aliphatic carbocycles. The Balaban J connectivity index is 1.67. The molecule has 2 aliphatic heterocycles. The second-order valence-corrected chi connectivity index (χ2v) is 8.76. The third kappa shape index (κ3) is 4.34. The Kier molecular flexibility index (Phi) is 5.89. The van der Waals surface area contributed by atoms with Gasteiger partial charge in [0.25, 0.3) is 0 Å². The first-order chi connectivity index (χ1) is 12.8. The first-order valence-electron chi connectivity index (χ1n) is 10.3. The lowest BCUT2D eigenvalue weighted by Gasteiger charge is -2.41. The topological polar surface area (TPSA) is 61.4 Å². The molecule has 2 amide bonds. The molecular weight excluding hydrogens is 338 g/mol. The number of hydrogen-bond donors (Lipinski definition) is 2. The highest BCUT2D eigenvalue weighted by molar-refractivity contribution is 5.96. The minimum atomic E-state index is -0.0778. The van der Waals surface area contributed by atoms with Crippen LogP contribution in [0, 0.1) is 18.8 Å². The molecule has 0 spiro atoms. The van der Waals surface area contributed by atoms with Gasteiger partial charge in [0, 0.05) is 41.3 Å². The van der Waals surface area contributed by atoms with Crippen LogP contribution in [0.3, 0.4) is 0 Å². The number of amides is 2. The van der Waals surface area contributed by atoms with Crippen LogP contribution < -0.4 is 10.6 Å². The van der Waals surface area contributed by atoms with Crippen molar-refractivity contribution in [3.63, 3.8) is 0 Å². The van der Waals surface area contributed by atoms with Gasteiger partial charge in [-0.25, -0.2) is 0 Å². The van der Waals surface area contributed by atoms with E-state index in [1.54, 1.807) is 0 Å². The standard InChI is InChI=1S/C22H33N3O2/c1-13(2)21(26)23-17-7-6-15(5)20(12-17)24-22(27)16-10-18-8-9-19(11-16)25(18)14(3)4/h6-7,12-14,16,18-19H,8-11H2,1-5H3,(H,23,26)(H,24,27). The fraction of sp³-hybridized carbons (Fsp3) is 0.636. The molecule has 0 radical (unpaired) electrons. The van der Waals surface area contributed by atoms with Gasteiger partial charge in [0.05, 0.1) is 0 Å². The van der Waals surface area contributed by atoms with Gasteiger partial charge in [-0.1, -0.05) is 19.9 Å². The highest BCUT2D eigenvalue weighted by atomic mass is 16.2. The van der Waals surface area contributed by atoms with E-state index in [4.69, 9.17) is 0 Å². The van der Waals surface area contributed by atoms with Crippen LogP contribution in [0.25, 0.3) is 0 Å². The van der Waals surface area contributed by atoms with Crippen LogP contribution in [0.1, 0.15) is 58.9 Å². The zero-order chi connectivity index (χ0) is 19.7. The van der Waals surface area contributed by atoms with Gasteiger partial charge in [0.2, 0.25) is 11.8 Å². The van der Waals surface area contributed by atoms with E-state index >= 15 is 0 Å². The van der Waals surface area contributed by atoms with E-state index in [1.807, 2.05) is 39.0 Å². The SMILES string of the molecule is Cc1ccc(NC(=O)C(C)C)cc1NC(=O)C1CC2CCC(C1)N2C(C)C. The summed E-state index contributed by atoms with van der Waals surface area (Å²) in [5.74, 6) is 0.0938. The number of carbonyl (C=O) groups is 2. The zero-order valence-electron chi connectivity index (χ0n) is 17.2. The summed E-state index contributed by atoms with van der Waals surface area (Å²) in [5, 5.41) is 6.03. The molecule has 2 saturated heterocycles. The number of nitrogens with one attached hydrogen (secondary N) is 2. The molecule has 3 rings (SSSR count). The van der Waals surface area contributed by atoms with Crippen molar-refractivity contribution >= 4 is 23.2 Å². The third-order valence-electron chi connectivity index (χ3n) is 6.04. The number of aryl methyl sites for hydroxylation is 1. The van der Waals surface area contributed by atoms with Crippen molar-refractivity contribution in [2.75, 3.05) is 10.6 Å². The molecule has 0 aromatic heterocycles. The Labute approximate surface area is 162 Å². The van der Waals surface area contributed by atoms with Crippen LogP contribution in [-0.4, -0.2) is 34.8 Å². The van der Waals surface area contributed by atoms with E-state index in [0.29, 0.717) is 18.1 Å². The van der Waals surface area contributed by atoms with Crippen LogP contribution in [-0.2, 0) is 9.59 Å². The summed E-state index contributed by atoms with van der Waals surface area (Å²) in [6.07, 6.45) is 4.32. The van der Waals surface area contributed by atoms with Crippen molar-refractivity contribution in [2.45, 2.75) is 78.4 Å². The van der Waals surface area contributed by atoms with Crippen molar-refractivity contribution in [3.05, 3.63) is 23.8 Å². The third-order valence-corrected chi connectivity index (χ3v) is 6.04. The van der Waals surface area contributed by atoms with Gasteiger partial charge >= 0.3 is 0 Å². The molecule has 148 valence electrons. The molecule has 2 aliphatic rings. The number of hydrogen-bond acceptors (Lipinski definition) is 3. The van der Waals surface area contributed by atoms with Crippen molar-refractivity contribution in [2.24, 2.45) is 11.8 Å². The normalized spacial score (nSPS) is 25.1. The molecule has 2 fully saturated rings. The Morgan fingerprint density at radius 1 is 1.04 bits per heavy atom. The zero-order valence-corrected chi connectivity index (χ0v) is 17.2. The van der Waals surface area contributed by atoms with E-state index in [0.717, 1.165) is 29.8 Å². The molecule has 1 aromatic rings. The van der Waals surface area contributed by atoms with Crippen LogP contribution in [0.4, 0.5) is 11.4 Å². The van der Waals surface area contributed by atoms with E-state index < -0.39 is 0 Å². The molecule has 2 heterocycles. The predicted molar refractivity (Wildman–Crippen MR) is 110 cm³/mol. The maximum Gasteiger partial charge on any atom is 0.227 e. The first-order valence-corrected chi connectivity index (χ1v) is 10.3. The van der Waals surface area contributed by atoms with Gasteiger partial charge in [-0.3, -0.25) is 14.5 Å². The Bertz CT molecular complexity index is 700. The molecule has 2 atom stereocenters. The van der Waals surface area contributed by atoms with Crippen molar-refractivity contribution in [1.29, 1.82) is 0 Å². The number of nitrogens with zero attached hydrogens (tertiary/aromatic N) is 1. The largest absolute Gasteiger partial charge is 0.326 e. The highest BCUT2D eigenvalue weighted by Gasteiger charge is 2.43. The second-order valence-electron chi connectivity index (χ2n) is 8.76. The van der Waals surface area contributed by atoms with E-state index in [-0.39, 0.29) is 23.7 Å². The molecule has 1 aromatic carbocycles. The first kappa shape index (κ1) is 19.9. The van der Waals surface area contributed by atoms with Crippen molar-refractivity contribution < 1.29 is 9.59 Å². The van der Waals surface area contributed by atoms with Crippen molar-refractivity contribution in [1.82, 2.24) is 4.90 Å². The van der Waals surface area contributed by atoms with Crippen LogP contribution >= 0.6 is 0 Å². The van der Waals surface area contributed by atoms with E-state index in [1.165, 1.54) is 12.8 Å². The van der Waals surface area contributed by atoms with Gasteiger partial charge in [-0.05, 0) is 64.2 Å². The summed E-state index contributed by atoms with van der Waals surface area (Å²) < 4.78 is 0. The fourth-order valence-corrected chi connectivity index (χ4v) is 4.63. The number of piperidine rings is 1. The minimum Gasteiger partial charge on any atom is -0.326 e. The van der Waals surface area contributed by atoms with Crippen molar-refractivity contribution in [3.8, 4) is 0 Å². The van der Waals surface area contributed by atoms with Crippen LogP contribution in [0.2, 0.25) is 0 Å². The predicted octanol–water partition coefficient (Wildman–Crippen LogP) is 4.18. The average molecular weight is 372 g/mol. The molecule has 0 saturated carbocycles. The minimum absolute atomic E-state index is 0.0197. The lowest BCUT2D eigenvalue weighted by Crippen LogP contribution is -2.48. The molecular formula is C22H33N3O2. The quantitative estimate of drug-likeness (QED) is 0.816. The molecule has 2 bridgehead atoms. The maximum absolute atomic E-state index is 12.9. The van der Waals surface area contributed by atoms with Gasteiger partial charge < -0.3 is 10.6 Å². The number of anilines is 2. The summed E-state index contributed by atoms with van der Waals surface area (Å²) in [4.78, 5) is 27.5. The Morgan fingerprint density at radius 3 is 2.22 bits per heavy atom. The van der Waals surface area contributed by atoms with Crippen LogP contribution in [0.15, 0.2) is 18.2 Å². The van der Waals surface area contributed by atoms with E-state index in [2.05, 4.69) is 29.4 Å². The molecule has 5 nitrogen and oxygen atoms in total. The summed E-state index contributed by atoms with van der Waals surface area (Å²) in [6.45, 7) is 10.2. The smallest absolute Gasteiger partial charge is 0.227 e. The maximum atomic E-state index is 12.9. The molecule has 2 N–H and O–H groups in total. The summed E-state index contributed by atoms with van der Waals surface area (Å²) in [7, 11) is 0. The Morgan fingerprint density at radius 2 is 1.67 bits per heavy atom. The molecule has 5 heteroatoms. The lowest BCUT2D eigenvalue weighted by atomic mass is 9.89.